The van der Waals surface area contributed by atoms with Crippen LogP contribution in [0.1, 0.15) is 23.3 Å². The third-order valence-electron chi connectivity index (χ3n) is 4.60. The van der Waals surface area contributed by atoms with Gasteiger partial charge < -0.3 is 14.1 Å². The quantitative estimate of drug-likeness (QED) is 0.850. The summed E-state index contributed by atoms with van der Waals surface area (Å²) in [6.45, 7) is 5.19. The molecule has 0 aromatic carbocycles. The molecule has 2 aliphatic rings. The van der Waals surface area contributed by atoms with Gasteiger partial charge in [-0.15, -0.1) is 11.3 Å². The van der Waals surface area contributed by atoms with E-state index in [4.69, 9.17) is 9.15 Å². The third-order valence-corrected chi connectivity index (χ3v) is 5.46. The maximum absolute atomic E-state index is 12.6. The first-order valence-electron chi connectivity index (χ1n) is 8.42. The molecule has 0 N–H and O–H groups in total. The summed E-state index contributed by atoms with van der Waals surface area (Å²) < 4.78 is 11.0. The molecule has 4 heterocycles. The third kappa shape index (κ3) is 3.38. The number of piperazine rings is 1. The molecular weight excluding hydrogens is 326 g/mol. The van der Waals surface area contributed by atoms with Crippen molar-refractivity contribution in [2.45, 2.75) is 18.9 Å². The maximum atomic E-state index is 12.6. The molecular formula is C17H21N3O3S. The summed E-state index contributed by atoms with van der Waals surface area (Å²) >= 11 is 1.44. The summed E-state index contributed by atoms with van der Waals surface area (Å²) in [7, 11) is 0. The predicted molar refractivity (Wildman–Crippen MR) is 91.1 cm³/mol. The van der Waals surface area contributed by atoms with Crippen LogP contribution in [0.3, 0.4) is 0 Å². The average Bonchev–Trinajstić information content (AvgIpc) is 3.36. The Morgan fingerprint density at radius 3 is 2.92 bits per heavy atom. The number of aromatic nitrogens is 1. The van der Waals surface area contributed by atoms with E-state index >= 15 is 0 Å². The predicted octanol–water partition coefficient (Wildman–Crippen LogP) is 2.34. The Bertz CT molecular complexity index is 671. The van der Waals surface area contributed by atoms with Crippen molar-refractivity contribution in [3.63, 3.8) is 0 Å². The number of carbonyl (C=O) groups excluding carboxylic acids is 1. The normalized spacial score (nSPS) is 22.2. The summed E-state index contributed by atoms with van der Waals surface area (Å²) in [6, 6.07) is 3.68. The number of thiazole rings is 1. The largest absolute Gasteiger partial charge is 0.462 e. The van der Waals surface area contributed by atoms with E-state index in [1.54, 1.807) is 6.26 Å². The van der Waals surface area contributed by atoms with Crippen LogP contribution in [0.25, 0.3) is 10.8 Å². The second kappa shape index (κ2) is 7.04. The van der Waals surface area contributed by atoms with Gasteiger partial charge in [-0.25, -0.2) is 4.98 Å². The lowest BCUT2D eigenvalue weighted by molar-refractivity contribution is 0.0430. The molecule has 4 rings (SSSR count). The Hall–Kier alpha value is -1.70. The van der Waals surface area contributed by atoms with Crippen LogP contribution >= 0.6 is 11.3 Å². The van der Waals surface area contributed by atoms with Crippen LogP contribution in [0.5, 0.6) is 0 Å². The Kier molecular flexibility index (Phi) is 4.64. The number of hydrogen-bond donors (Lipinski definition) is 0. The Labute approximate surface area is 145 Å². The van der Waals surface area contributed by atoms with E-state index in [0.717, 1.165) is 50.8 Å². The SMILES string of the molecule is O=C(c1csc(-c2ccco2)n1)N1CCN(CC2CCCO2)CC1. The highest BCUT2D eigenvalue weighted by atomic mass is 32.1. The minimum atomic E-state index is 0.0147. The zero-order valence-corrected chi connectivity index (χ0v) is 14.3. The van der Waals surface area contributed by atoms with Gasteiger partial charge in [0, 0.05) is 44.7 Å². The van der Waals surface area contributed by atoms with Gasteiger partial charge in [-0.3, -0.25) is 9.69 Å². The Balaban J connectivity index is 1.33. The highest BCUT2D eigenvalue weighted by molar-refractivity contribution is 7.13. The molecule has 2 fully saturated rings. The smallest absolute Gasteiger partial charge is 0.273 e. The summed E-state index contributed by atoms with van der Waals surface area (Å²) in [5.74, 6) is 0.723. The van der Waals surface area contributed by atoms with Gasteiger partial charge in [-0.1, -0.05) is 0 Å². The lowest BCUT2D eigenvalue weighted by atomic mass is 10.2. The van der Waals surface area contributed by atoms with Gasteiger partial charge in [-0.2, -0.15) is 0 Å². The van der Waals surface area contributed by atoms with Gasteiger partial charge in [0.1, 0.15) is 5.69 Å². The number of ether oxygens (including phenoxy) is 1. The fraction of sp³-hybridized carbons (Fsp3) is 0.529. The minimum absolute atomic E-state index is 0.0147. The van der Waals surface area contributed by atoms with Gasteiger partial charge in [0.25, 0.3) is 5.91 Å². The summed E-state index contributed by atoms with van der Waals surface area (Å²) in [6.07, 6.45) is 4.32. The molecule has 2 saturated heterocycles. The topological polar surface area (TPSA) is 58.8 Å². The molecule has 6 nitrogen and oxygen atoms in total. The van der Waals surface area contributed by atoms with Gasteiger partial charge in [0.2, 0.25) is 0 Å². The van der Waals surface area contributed by atoms with Gasteiger partial charge in [-0.05, 0) is 25.0 Å². The molecule has 0 aliphatic carbocycles. The highest BCUT2D eigenvalue weighted by Gasteiger charge is 2.26. The van der Waals surface area contributed by atoms with Gasteiger partial charge in [0.05, 0.1) is 12.4 Å². The second-order valence-corrected chi connectivity index (χ2v) is 7.10. The molecule has 2 aromatic heterocycles. The molecule has 0 bridgehead atoms. The van der Waals surface area contributed by atoms with Crippen molar-refractivity contribution in [3.05, 3.63) is 29.5 Å². The summed E-state index contributed by atoms with van der Waals surface area (Å²) in [5, 5.41) is 2.57. The Morgan fingerprint density at radius 1 is 1.33 bits per heavy atom. The van der Waals surface area contributed by atoms with Gasteiger partial charge in [0.15, 0.2) is 10.8 Å². The molecule has 128 valence electrons. The monoisotopic (exact) mass is 347 g/mol. The van der Waals surface area contributed by atoms with Crippen LogP contribution in [0, 0.1) is 0 Å². The van der Waals surface area contributed by atoms with E-state index < -0.39 is 0 Å². The van der Waals surface area contributed by atoms with E-state index in [2.05, 4.69) is 9.88 Å². The fourth-order valence-electron chi connectivity index (χ4n) is 3.26. The van der Waals surface area contributed by atoms with Crippen LogP contribution in [0.4, 0.5) is 0 Å². The second-order valence-electron chi connectivity index (χ2n) is 6.24. The van der Waals surface area contributed by atoms with E-state index in [0.29, 0.717) is 17.6 Å². The van der Waals surface area contributed by atoms with E-state index in [1.165, 1.54) is 17.8 Å². The first kappa shape index (κ1) is 15.8. The molecule has 2 aliphatic heterocycles. The molecule has 2 aromatic rings. The van der Waals surface area contributed by atoms with E-state index in [9.17, 15) is 4.79 Å². The van der Waals surface area contributed by atoms with Crippen molar-refractivity contribution >= 4 is 17.2 Å². The minimum Gasteiger partial charge on any atom is -0.462 e. The van der Waals surface area contributed by atoms with Crippen LogP contribution in [0.2, 0.25) is 0 Å². The van der Waals surface area contributed by atoms with Crippen molar-refractivity contribution in [2.24, 2.45) is 0 Å². The summed E-state index contributed by atoms with van der Waals surface area (Å²) in [4.78, 5) is 21.4. The molecule has 1 amide bonds. The first-order valence-corrected chi connectivity index (χ1v) is 9.30. The van der Waals surface area contributed by atoms with Crippen molar-refractivity contribution in [2.75, 3.05) is 39.3 Å². The van der Waals surface area contributed by atoms with Crippen LogP contribution in [0.15, 0.2) is 28.2 Å². The fourth-order valence-corrected chi connectivity index (χ4v) is 4.02. The number of carbonyl (C=O) groups is 1. The van der Waals surface area contributed by atoms with E-state index in [-0.39, 0.29) is 5.91 Å². The standard InChI is InChI=1S/C17H21N3O3S/c21-17(14-12-24-16(18-14)15-4-2-10-23-15)20-7-5-19(6-8-20)11-13-3-1-9-22-13/h2,4,10,12-13H,1,3,5-9,11H2. The molecule has 1 atom stereocenters. The molecule has 1 unspecified atom stereocenters. The van der Waals surface area contributed by atoms with Crippen molar-refractivity contribution in [3.8, 4) is 10.8 Å². The summed E-state index contributed by atoms with van der Waals surface area (Å²) in [5.41, 5.74) is 0.513. The van der Waals surface area contributed by atoms with Crippen LogP contribution < -0.4 is 0 Å². The van der Waals surface area contributed by atoms with Gasteiger partial charge >= 0.3 is 0 Å². The lowest BCUT2D eigenvalue weighted by Crippen LogP contribution is -2.50. The van der Waals surface area contributed by atoms with E-state index in [1.807, 2.05) is 22.4 Å². The molecule has 24 heavy (non-hydrogen) atoms. The molecule has 7 heteroatoms. The highest BCUT2D eigenvalue weighted by Crippen LogP contribution is 2.24. The number of nitrogens with zero attached hydrogens (tertiary/aromatic N) is 3. The first-order chi connectivity index (χ1) is 11.8. The molecule has 0 spiro atoms. The lowest BCUT2D eigenvalue weighted by Gasteiger charge is -2.35. The number of furan rings is 1. The molecule has 0 radical (unpaired) electrons. The maximum Gasteiger partial charge on any atom is 0.273 e. The zero-order chi connectivity index (χ0) is 16.4. The number of rotatable bonds is 4. The number of hydrogen-bond acceptors (Lipinski definition) is 6. The Morgan fingerprint density at radius 2 is 2.21 bits per heavy atom. The van der Waals surface area contributed by atoms with Crippen molar-refractivity contribution in [1.29, 1.82) is 0 Å². The average molecular weight is 347 g/mol. The van der Waals surface area contributed by atoms with Crippen LogP contribution in [-0.2, 0) is 4.74 Å². The number of amides is 1. The zero-order valence-electron chi connectivity index (χ0n) is 13.5. The van der Waals surface area contributed by atoms with Crippen molar-refractivity contribution in [1.82, 2.24) is 14.8 Å². The molecule has 0 saturated carbocycles. The van der Waals surface area contributed by atoms with Crippen molar-refractivity contribution < 1.29 is 13.9 Å². The van der Waals surface area contributed by atoms with Crippen LogP contribution in [-0.4, -0.2) is 66.1 Å².